The van der Waals surface area contributed by atoms with Crippen molar-refractivity contribution in [3.63, 3.8) is 0 Å². The third kappa shape index (κ3) is 6.62. The minimum absolute atomic E-state index is 0.0694. The molecule has 0 saturated carbocycles. The fraction of sp³-hybridized carbons (Fsp3) is 0.900. The van der Waals surface area contributed by atoms with Crippen LogP contribution in [0, 0.1) is 5.41 Å². The first-order chi connectivity index (χ1) is 7.47. The van der Waals surface area contributed by atoms with Crippen LogP contribution in [0.25, 0.3) is 0 Å². The van der Waals surface area contributed by atoms with Crippen LogP contribution in [0.2, 0.25) is 0 Å². The molecule has 1 N–H and O–H groups in total. The quantitative estimate of drug-likeness (QED) is 0.351. The van der Waals surface area contributed by atoms with E-state index in [4.69, 9.17) is 9.47 Å². The van der Waals surface area contributed by atoms with Gasteiger partial charge in [-0.05, 0) is 6.42 Å². The second-order valence-electron chi connectivity index (χ2n) is 3.93. The van der Waals surface area contributed by atoms with Crippen molar-refractivity contribution in [1.29, 1.82) is 0 Å². The molecule has 0 rings (SSSR count). The lowest BCUT2D eigenvalue weighted by atomic mass is 9.90. The molecule has 4 nitrogen and oxygen atoms in total. The molecule has 0 aliphatic carbocycles. The first-order valence-corrected chi connectivity index (χ1v) is 6.41. The Bertz CT molecular complexity index is 213. The Balaban J connectivity index is 4.04. The first-order valence-electron chi connectivity index (χ1n) is 5.14. The molecule has 2 atom stereocenters. The van der Waals surface area contributed by atoms with E-state index in [2.05, 4.69) is 25.3 Å². The molecule has 0 fully saturated rings. The molecule has 96 valence electrons. The minimum atomic E-state index is -0.880. The van der Waals surface area contributed by atoms with Gasteiger partial charge in [-0.3, -0.25) is 4.79 Å². The number of rotatable bonds is 8. The van der Waals surface area contributed by atoms with Gasteiger partial charge in [0.05, 0.1) is 19.0 Å². The molecular weight excluding hydrogens is 248 g/mol. The zero-order valence-corrected chi connectivity index (χ0v) is 11.5. The summed E-state index contributed by atoms with van der Waals surface area (Å²) < 4.78 is 10.2. The summed E-state index contributed by atoms with van der Waals surface area (Å²) >= 11 is 7.72. The van der Waals surface area contributed by atoms with Gasteiger partial charge in [-0.25, -0.2) is 0 Å². The smallest absolute Gasteiger partial charge is 0.315 e. The van der Waals surface area contributed by atoms with E-state index in [-0.39, 0.29) is 29.5 Å². The van der Waals surface area contributed by atoms with E-state index < -0.39 is 6.29 Å². The van der Waals surface area contributed by atoms with Crippen LogP contribution in [0.1, 0.15) is 20.3 Å². The van der Waals surface area contributed by atoms with E-state index in [0.717, 1.165) is 6.42 Å². The van der Waals surface area contributed by atoms with Gasteiger partial charge >= 0.3 is 5.97 Å². The molecule has 0 radical (unpaired) electrons. The molecule has 2 unspecified atom stereocenters. The van der Waals surface area contributed by atoms with Gasteiger partial charge in [0.15, 0.2) is 6.29 Å². The molecule has 0 bridgehead atoms. The highest BCUT2D eigenvalue weighted by molar-refractivity contribution is 7.81. The van der Waals surface area contributed by atoms with Crippen LogP contribution in [0.3, 0.4) is 0 Å². The average Bonchev–Trinajstić information content (AvgIpc) is 2.32. The van der Waals surface area contributed by atoms with E-state index in [1.807, 2.05) is 13.8 Å². The number of hydrogen-bond acceptors (Lipinski definition) is 6. The lowest BCUT2D eigenvalue weighted by Crippen LogP contribution is -2.32. The van der Waals surface area contributed by atoms with Gasteiger partial charge in [0, 0.05) is 11.2 Å². The van der Waals surface area contributed by atoms with Crippen molar-refractivity contribution in [3.8, 4) is 0 Å². The predicted octanol–water partition coefficient (Wildman–Crippen LogP) is 1.14. The molecule has 0 aromatic rings. The number of aliphatic hydroxyl groups is 1. The molecule has 0 aliphatic heterocycles. The van der Waals surface area contributed by atoms with Crippen molar-refractivity contribution in [2.75, 3.05) is 24.7 Å². The Hall–Kier alpha value is 0.0900. The number of thiol groups is 2. The van der Waals surface area contributed by atoms with Crippen LogP contribution in [-0.4, -0.2) is 42.1 Å². The maximum Gasteiger partial charge on any atom is 0.315 e. The van der Waals surface area contributed by atoms with Crippen molar-refractivity contribution < 1.29 is 19.4 Å². The zero-order chi connectivity index (χ0) is 12.6. The van der Waals surface area contributed by atoms with Gasteiger partial charge in [-0.15, -0.1) is 0 Å². The molecule has 0 aromatic heterocycles. The number of esters is 1. The van der Waals surface area contributed by atoms with Crippen LogP contribution < -0.4 is 0 Å². The predicted molar refractivity (Wildman–Crippen MR) is 69.0 cm³/mol. The highest BCUT2D eigenvalue weighted by atomic mass is 32.1. The Morgan fingerprint density at radius 1 is 1.44 bits per heavy atom. The number of carbonyl (C=O) groups excluding carboxylic acids is 1. The summed E-state index contributed by atoms with van der Waals surface area (Å²) in [7, 11) is 0. The van der Waals surface area contributed by atoms with Gasteiger partial charge in [0.1, 0.15) is 0 Å². The summed E-state index contributed by atoms with van der Waals surface area (Å²) in [6.45, 7) is 4.50. The Morgan fingerprint density at radius 3 is 2.50 bits per heavy atom. The largest absolute Gasteiger partial charge is 0.464 e. The Labute approximate surface area is 108 Å². The molecule has 0 aliphatic rings. The van der Waals surface area contributed by atoms with Gasteiger partial charge in [-0.1, -0.05) is 13.8 Å². The van der Waals surface area contributed by atoms with Crippen molar-refractivity contribution >= 4 is 31.2 Å². The van der Waals surface area contributed by atoms with Crippen LogP contribution in [0.15, 0.2) is 0 Å². The molecular formula is C10H20O4S2. The number of hydrogen-bond donors (Lipinski definition) is 3. The average molecular weight is 268 g/mol. The summed E-state index contributed by atoms with van der Waals surface area (Å²) in [6.07, 6.45) is -0.0960. The molecule has 0 amide bonds. The van der Waals surface area contributed by atoms with Crippen LogP contribution in [-0.2, 0) is 14.3 Å². The van der Waals surface area contributed by atoms with Crippen molar-refractivity contribution in [2.45, 2.75) is 26.6 Å². The number of ether oxygens (including phenoxy) is 2. The van der Waals surface area contributed by atoms with E-state index in [0.29, 0.717) is 6.61 Å². The van der Waals surface area contributed by atoms with E-state index in [9.17, 15) is 9.90 Å². The second-order valence-corrected chi connectivity index (χ2v) is 4.61. The lowest BCUT2D eigenvalue weighted by Gasteiger charge is -2.28. The molecule has 0 aromatic carbocycles. The topological polar surface area (TPSA) is 55.8 Å². The van der Waals surface area contributed by atoms with Gasteiger partial charge < -0.3 is 14.6 Å². The van der Waals surface area contributed by atoms with Crippen LogP contribution in [0.5, 0.6) is 0 Å². The number of aliphatic hydroxyl groups excluding tert-OH is 1. The molecule has 0 heterocycles. The summed E-state index contributed by atoms with van der Waals surface area (Å²) in [5.74, 6) is -0.0337. The Kier molecular flexibility index (Phi) is 8.27. The van der Waals surface area contributed by atoms with E-state index >= 15 is 0 Å². The van der Waals surface area contributed by atoms with Gasteiger partial charge in [0.25, 0.3) is 0 Å². The third-order valence-electron chi connectivity index (χ3n) is 2.34. The normalized spacial score (nSPS) is 16.6. The SMILES string of the molecule is CCC(C)(COC(=O)CS)COC(O)CS. The monoisotopic (exact) mass is 268 g/mol. The molecule has 16 heavy (non-hydrogen) atoms. The first kappa shape index (κ1) is 16.1. The van der Waals surface area contributed by atoms with Gasteiger partial charge in [-0.2, -0.15) is 25.3 Å². The summed E-state index contributed by atoms with van der Waals surface area (Å²) in [5, 5.41) is 9.22. The summed E-state index contributed by atoms with van der Waals surface area (Å²) in [5.41, 5.74) is -0.289. The second kappa shape index (κ2) is 8.22. The van der Waals surface area contributed by atoms with Crippen molar-refractivity contribution in [3.05, 3.63) is 0 Å². The molecule has 6 heteroatoms. The van der Waals surface area contributed by atoms with E-state index in [1.54, 1.807) is 0 Å². The number of carbonyl (C=O) groups is 1. The maximum atomic E-state index is 11.0. The van der Waals surface area contributed by atoms with Crippen LogP contribution >= 0.6 is 25.3 Å². The molecule has 0 saturated heterocycles. The maximum absolute atomic E-state index is 11.0. The third-order valence-corrected chi connectivity index (χ3v) is 2.92. The minimum Gasteiger partial charge on any atom is -0.464 e. The highest BCUT2D eigenvalue weighted by Gasteiger charge is 2.25. The van der Waals surface area contributed by atoms with E-state index in [1.165, 1.54) is 0 Å². The van der Waals surface area contributed by atoms with Gasteiger partial charge in [0.2, 0.25) is 0 Å². The standard InChI is InChI=1S/C10H20O4S2/c1-3-10(2,6-13-8(11)4-15)7-14-9(12)5-16/h8,11,15-16H,3-7H2,1-2H3. The lowest BCUT2D eigenvalue weighted by molar-refractivity contribution is -0.150. The highest BCUT2D eigenvalue weighted by Crippen LogP contribution is 2.22. The summed E-state index contributed by atoms with van der Waals surface area (Å²) in [6, 6.07) is 0. The van der Waals surface area contributed by atoms with Crippen molar-refractivity contribution in [1.82, 2.24) is 0 Å². The Morgan fingerprint density at radius 2 is 2.06 bits per heavy atom. The molecule has 0 spiro atoms. The van der Waals surface area contributed by atoms with Crippen LogP contribution in [0.4, 0.5) is 0 Å². The summed E-state index contributed by atoms with van der Waals surface area (Å²) in [4.78, 5) is 11.0. The fourth-order valence-electron chi connectivity index (χ4n) is 0.896. The zero-order valence-electron chi connectivity index (χ0n) is 9.68. The fourth-order valence-corrected chi connectivity index (χ4v) is 1.09. The van der Waals surface area contributed by atoms with Crippen molar-refractivity contribution in [2.24, 2.45) is 5.41 Å².